The molecule has 0 aliphatic carbocycles. The Balaban J connectivity index is 1.88. The van der Waals surface area contributed by atoms with Gasteiger partial charge in [0.25, 0.3) is 0 Å². The summed E-state index contributed by atoms with van der Waals surface area (Å²) in [5, 5.41) is 2.65. The molecule has 1 aliphatic rings. The first kappa shape index (κ1) is 17.8. The molecule has 0 saturated carbocycles. The molecule has 2 aromatic carbocycles. The summed E-state index contributed by atoms with van der Waals surface area (Å²) in [5.74, 6) is 0.888. The number of rotatable bonds is 5. The lowest BCUT2D eigenvalue weighted by Gasteiger charge is -2.24. The average molecular weight is 354 g/mol. The Morgan fingerprint density at radius 1 is 1.12 bits per heavy atom. The van der Waals surface area contributed by atoms with Crippen molar-refractivity contribution in [2.45, 2.75) is 18.9 Å². The van der Waals surface area contributed by atoms with E-state index in [1.165, 1.54) is 0 Å². The van der Waals surface area contributed by atoms with Crippen LogP contribution in [-0.2, 0) is 22.4 Å². The number of nitrogens with one attached hydrogen (secondary N) is 1. The molecule has 6 nitrogen and oxygen atoms in total. The summed E-state index contributed by atoms with van der Waals surface area (Å²) < 4.78 is 10.5. The Hall–Kier alpha value is -3.02. The fourth-order valence-electron chi connectivity index (χ4n) is 3.32. The van der Waals surface area contributed by atoms with E-state index in [0.717, 1.165) is 16.8 Å². The fourth-order valence-corrected chi connectivity index (χ4v) is 3.32. The number of carbonyl (C=O) groups is 2. The van der Waals surface area contributed by atoms with Crippen LogP contribution < -0.4 is 19.7 Å². The highest BCUT2D eigenvalue weighted by Crippen LogP contribution is 2.33. The third-order valence-electron chi connectivity index (χ3n) is 4.60. The molecule has 1 aliphatic heterocycles. The highest BCUT2D eigenvalue weighted by atomic mass is 16.5. The van der Waals surface area contributed by atoms with Gasteiger partial charge in [-0.1, -0.05) is 24.3 Å². The van der Waals surface area contributed by atoms with Gasteiger partial charge in [0, 0.05) is 19.2 Å². The fraction of sp³-hybridized carbons (Fsp3) is 0.300. The van der Waals surface area contributed by atoms with Gasteiger partial charge in [-0.15, -0.1) is 0 Å². The number of methoxy groups -OCH3 is 2. The third-order valence-corrected chi connectivity index (χ3v) is 4.60. The molecule has 6 heteroatoms. The van der Waals surface area contributed by atoms with Gasteiger partial charge in [0.15, 0.2) is 11.5 Å². The minimum Gasteiger partial charge on any atom is -0.493 e. The lowest BCUT2D eigenvalue weighted by atomic mass is 10.1. The van der Waals surface area contributed by atoms with Crippen LogP contribution >= 0.6 is 0 Å². The molecule has 2 amide bonds. The number of nitrogens with zero attached hydrogens (tertiary/aromatic N) is 1. The maximum atomic E-state index is 13.0. The van der Waals surface area contributed by atoms with Crippen molar-refractivity contribution < 1.29 is 19.1 Å². The van der Waals surface area contributed by atoms with Crippen molar-refractivity contribution >= 4 is 17.5 Å². The Bertz CT molecular complexity index is 834. The van der Waals surface area contributed by atoms with Gasteiger partial charge in [0.1, 0.15) is 6.04 Å². The van der Waals surface area contributed by atoms with Gasteiger partial charge in [-0.3, -0.25) is 14.5 Å². The molecule has 0 spiro atoms. The van der Waals surface area contributed by atoms with Crippen LogP contribution in [0.3, 0.4) is 0 Å². The third kappa shape index (κ3) is 3.22. The summed E-state index contributed by atoms with van der Waals surface area (Å²) in [5.41, 5.74) is 2.60. The number of ether oxygens (including phenoxy) is 2. The number of hydrogen-bond donors (Lipinski definition) is 1. The van der Waals surface area contributed by atoms with Crippen LogP contribution in [0.25, 0.3) is 0 Å². The summed E-state index contributed by atoms with van der Waals surface area (Å²) >= 11 is 0. The lowest BCUT2D eigenvalue weighted by Crippen LogP contribution is -2.47. The number of amides is 2. The van der Waals surface area contributed by atoms with E-state index in [9.17, 15) is 9.59 Å². The summed E-state index contributed by atoms with van der Waals surface area (Å²) in [7, 11) is 4.71. The molecule has 3 rings (SSSR count). The van der Waals surface area contributed by atoms with Crippen LogP contribution in [0.15, 0.2) is 42.5 Å². The van der Waals surface area contributed by atoms with Crippen molar-refractivity contribution in [2.24, 2.45) is 0 Å². The van der Waals surface area contributed by atoms with E-state index in [4.69, 9.17) is 9.47 Å². The molecule has 2 aromatic rings. The monoisotopic (exact) mass is 354 g/mol. The molecule has 1 N–H and O–H groups in total. The number of carbonyl (C=O) groups excluding carboxylic acids is 2. The van der Waals surface area contributed by atoms with Gasteiger partial charge in [-0.25, -0.2) is 0 Å². The topological polar surface area (TPSA) is 67.9 Å². The van der Waals surface area contributed by atoms with E-state index in [-0.39, 0.29) is 18.2 Å². The normalized spacial score (nSPS) is 15.3. The van der Waals surface area contributed by atoms with Crippen LogP contribution in [0.1, 0.15) is 11.1 Å². The van der Waals surface area contributed by atoms with E-state index in [2.05, 4.69) is 5.32 Å². The molecular weight excluding hydrogens is 332 g/mol. The van der Waals surface area contributed by atoms with E-state index in [0.29, 0.717) is 17.9 Å². The number of benzene rings is 2. The van der Waals surface area contributed by atoms with Crippen LogP contribution in [-0.4, -0.2) is 39.1 Å². The minimum atomic E-state index is -0.523. The van der Waals surface area contributed by atoms with Crippen LogP contribution in [0.4, 0.5) is 5.69 Å². The zero-order valence-corrected chi connectivity index (χ0v) is 15.1. The largest absolute Gasteiger partial charge is 0.493 e. The molecule has 0 radical (unpaired) electrons. The smallest absolute Gasteiger partial charge is 0.243 e. The summed E-state index contributed by atoms with van der Waals surface area (Å²) in [6, 6.07) is 12.5. The van der Waals surface area contributed by atoms with E-state index < -0.39 is 6.04 Å². The number of hydrogen-bond acceptors (Lipinski definition) is 4. The number of para-hydroxylation sites is 1. The molecule has 1 atom stereocenters. The second-order valence-electron chi connectivity index (χ2n) is 6.09. The Kier molecular flexibility index (Phi) is 5.11. The molecule has 0 bridgehead atoms. The van der Waals surface area contributed by atoms with Crippen LogP contribution in [0.2, 0.25) is 0 Å². The van der Waals surface area contributed by atoms with Crippen molar-refractivity contribution in [3.63, 3.8) is 0 Å². The van der Waals surface area contributed by atoms with Crippen molar-refractivity contribution in [2.75, 3.05) is 26.2 Å². The highest BCUT2D eigenvalue weighted by molar-refractivity contribution is 6.04. The molecule has 0 aromatic heterocycles. The van der Waals surface area contributed by atoms with Crippen LogP contribution in [0, 0.1) is 0 Å². The maximum Gasteiger partial charge on any atom is 0.243 e. The van der Waals surface area contributed by atoms with Gasteiger partial charge in [0.2, 0.25) is 11.8 Å². The van der Waals surface area contributed by atoms with Gasteiger partial charge in [-0.05, 0) is 29.3 Å². The Morgan fingerprint density at radius 2 is 1.85 bits per heavy atom. The first-order valence-electron chi connectivity index (χ1n) is 8.41. The summed E-state index contributed by atoms with van der Waals surface area (Å²) in [6.45, 7) is 0. The molecule has 0 fully saturated rings. The maximum absolute atomic E-state index is 13.0. The summed E-state index contributed by atoms with van der Waals surface area (Å²) in [6.07, 6.45) is 0.690. The zero-order chi connectivity index (χ0) is 18.7. The summed E-state index contributed by atoms with van der Waals surface area (Å²) in [4.78, 5) is 26.9. The number of likely N-dealkylation sites (N-methyl/N-ethyl adjacent to an activating group) is 1. The Labute approximate surface area is 152 Å². The van der Waals surface area contributed by atoms with Gasteiger partial charge in [-0.2, -0.15) is 0 Å². The Morgan fingerprint density at radius 3 is 2.54 bits per heavy atom. The lowest BCUT2D eigenvalue weighted by molar-refractivity contribution is -0.125. The second-order valence-corrected chi connectivity index (χ2v) is 6.09. The van der Waals surface area contributed by atoms with E-state index in [1.807, 2.05) is 30.3 Å². The van der Waals surface area contributed by atoms with Crippen LogP contribution in [0.5, 0.6) is 11.5 Å². The van der Waals surface area contributed by atoms with Crippen molar-refractivity contribution in [3.05, 3.63) is 53.6 Å². The van der Waals surface area contributed by atoms with E-state index in [1.54, 1.807) is 38.3 Å². The standard InChI is InChI=1S/C20H22N2O4/c1-21-20(24)16-12-14-6-4-5-7-15(14)22(16)19(23)11-13-8-9-17(25-2)18(10-13)26-3/h4-10,16H,11-12H2,1-3H3,(H,21,24)/t16-/m1/s1. The highest BCUT2D eigenvalue weighted by Gasteiger charge is 2.37. The minimum absolute atomic E-state index is 0.129. The van der Waals surface area contributed by atoms with Gasteiger partial charge < -0.3 is 14.8 Å². The molecule has 26 heavy (non-hydrogen) atoms. The quantitative estimate of drug-likeness (QED) is 0.891. The molecule has 0 saturated heterocycles. The molecule has 0 unspecified atom stereocenters. The predicted molar refractivity (Wildman–Crippen MR) is 98.7 cm³/mol. The van der Waals surface area contributed by atoms with Crippen molar-refractivity contribution in [1.82, 2.24) is 5.32 Å². The average Bonchev–Trinajstić information content (AvgIpc) is 3.06. The van der Waals surface area contributed by atoms with Crippen molar-refractivity contribution in [3.8, 4) is 11.5 Å². The molecule has 1 heterocycles. The SMILES string of the molecule is CNC(=O)[C@H]1Cc2ccccc2N1C(=O)Cc1ccc(OC)c(OC)c1. The predicted octanol–water partition coefficient (Wildman–Crippen LogP) is 1.95. The van der Waals surface area contributed by atoms with Gasteiger partial charge >= 0.3 is 0 Å². The molecular formula is C20H22N2O4. The van der Waals surface area contributed by atoms with Crippen molar-refractivity contribution in [1.29, 1.82) is 0 Å². The second kappa shape index (κ2) is 7.47. The van der Waals surface area contributed by atoms with Gasteiger partial charge in [0.05, 0.1) is 20.6 Å². The zero-order valence-electron chi connectivity index (χ0n) is 15.1. The number of anilines is 1. The number of fused-ring (bicyclic) bond motifs is 1. The van der Waals surface area contributed by atoms with E-state index >= 15 is 0 Å². The first-order chi connectivity index (χ1) is 12.6. The first-order valence-corrected chi connectivity index (χ1v) is 8.41. The molecule has 136 valence electrons.